The van der Waals surface area contributed by atoms with Gasteiger partial charge in [0.1, 0.15) is 0 Å². The Balaban J connectivity index is 0.000000427. The lowest BCUT2D eigenvalue weighted by Gasteiger charge is -1.98. The molecule has 0 atom stereocenters. The zero-order valence-corrected chi connectivity index (χ0v) is 13.6. The first kappa shape index (κ1) is 18.8. The zero-order chi connectivity index (χ0) is 15.2. The van der Waals surface area contributed by atoms with Crippen LogP contribution in [-0.4, -0.2) is 32.0 Å². The van der Waals surface area contributed by atoms with Crippen LogP contribution < -0.4 is 5.32 Å². The van der Waals surface area contributed by atoms with Gasteiger partial charge in [-0.05, 0) is 38.1 Å². The molecule has 0 amide bonds. The van der Waals surface area contributed by atoms with Crippen LogP contribution in [0.2, 0.25) is 0 Å². The smallest absolute Gasteiger partial charge is 0.293 e. The average molecular weight is 344 g/mol. The maximum absolute atomic E-state index is 11.2. The van der Waals surface area contributed by atoms with E-state index in [4.69, 9.17) is 0 Å². The highest BCUT2D eigenvalue weighted by Gasteiger charge is 2.04. The van der Waals surface area contributed by atoms with Crippen molar-refractivity contribution in [2.45, 2.75) is 26.7 Å². The second kappa shape index (κ2) is 12.8. The molecule has 0 bridgehead atoms. The third-order valence-electron chi connectivity index (χ3n) is 2.41. The summed E-state index contributed by atoms with van der Waals surface area (Å²) < 4.78 is 5.24. The maximum Gasteiger partial charge on any atom is 0.293 e. The number of benzene rings is 1. The van der Waals surface area contributed by atoms with E-state index in [1.165, 1.54) is 25.9 Å². The Bertz CT molecular complexity index is 368. The van der Waals surface area contributed by atoms with Crippen LogP contribution >= 0.6 is 15.9 Å². The molecule has 1 aliphatic rings. The molecule has 0 aromatic heterocycles. The van der Waals surface area contributed by atoms with Gasteiger partial charge in [0.25, 0.3) is 6.47 Å². The van der Waals surface area contributed by atoms with Crippen LogP contribution in [0.4, 0.5) is 0 Å². The molecule has 1 N–H and O–H groups in total. The molecule has 1 aliphatic heterocycles. The summed E-state index contributed by atoms with van der Waals surface area (Å²) in [5, 5.41) is 3.22. The van der Waals surface area contributed by atoms with Gasteiger partial charge >= 0.3 is 0 Å². The summed E-state index contributed by atoms with van der Waals surface area (Å²) in [6.45, 7) is 6.56. The Morgan fingerprint density at radius 3 is 2.20 bits per heavy atom. The first-order valence-electron chi connectivity index (χ1n) is 6.79. The third kappa shape index (κ3) is 8.82. The lowest BCUT2D eigenvalue weighted by molar-refractivity contribution is -0.127. The van der Waals surface area contributed by atoms with Crippen molar-refractivity contribution in [3.63, 3.8) is 0 Å². The van der Waals surface area contributed by atoms with E-state index < -0.39 is 0 Å². The minimum absolute atomic E-state index is 0.203. The highest BCUT2D eigenvalue weighted by atomic mass is 79.9. The van der Waals surface area contributed by atoms with Crippen molar-refractivity contribution in [3.05, 3.63) is 34.3 Å². The monoisotopic (exact) mass is 343 g/mol. The lowest BCUT2D eigenvalue weighted by atomic mass is 10.1. The number of rotatable bonds is 4. The van der Waals surface area contributed by atoms with Crippen molar-refractivity contribution in [1.29, 1.82) is 0 Å². The van der Waals surface area contributed by atoms with Crippen molar-refractivity contribution in [3.8, 4) is 0 Å². The highest BCUT2D eigenvalue weighted by Crippen LogP contribution is 2.10. The molecule has 0 spiro atoms. The summed E-state index contributed by atoms with van der Waals surface area (Å²) in [5.41, 5.74) is 0.532. The standard InChI is InChI=1S/C9H7BrO3.C4H9N.C2H6/c10-8-3-1-7(2-4-8)9(12)5-13-6-11;1-2-4-5-3-1;1-2/h1-4,6H,5H2;5H,1-4H2;1-2H3. The predicted molar refractivity (Wildman–Crippen MR) is 83.9 cm³/mol. The second-order valence-corrected chi connectivity index (χ2v) is 4.71. The van der Waals surface area contributed by atoms with Crippen molar-refractivity contribution in [2.24, 2.45) is 0 Å². The van der Waals surface area contributed by atoms with E-state index >= 15 is 0 Å². The van der Waals surface area contributed by atoms with Crippen LogP contribution in [-0.2, 0) is 9.53 Å². The van der Waals surface area contributed by atoms with Crippen LogP contribution in [0, 0.1) is 0 Å². The Morgan fingerprint density at radius 2 is 1.80 bits per heavy atom. The van der Waals surface area contributed by atoms with Gasteiger partial charge in [0.15, 0.2) is 12.4 Å². The van der Waals surface area contributed by atoms with Crippen molar-refractivity contribution in [2.75, 3.05) is 19.7 Å². The van der Waals surface area contributed by atoms with Gasteiger partial charge in [-0.15, -0.1) is 0 Å². The summed E-state index contributed by atoms with van der Waals surface area (Å²) in [6.07, 6.45) is 2.78. The van der Waals surface area contributed by atoms with Crippen molar-refractivity contribution in [1.82, 2.24) is 5.32 Å². The number of hydrogen-bond donors (Lipinski definition) is 1. The topological polar surface area (TPSA) is 55.4 Å². The number of nitrogens with one attached hydrogen (secondary N) is 1. The number of Topliss-reactive ketones (excluding diaryl/α,β-unsaturated/α-hetero) is 1. The average Bonchev–Trinajstić information content (AvgIpc) is 3.07. The van der Waals surface area contributed by atoms with Crippen LogP contribution in [0.5, 0.6) is 0 Å². The molecule has 0 radical (unpaired) electrons. The highest BCUT2D eigenvalue weighted by molar-refractivity contribution is 9.10. The molecule has 0 aliphatic carbocycles. The fraction of sp³-hybridized carbons (Fsp3) is 0.467. The van der Waals surface area contributed by atoms with Gasteiger partial charge in [-0.25, -0.2) is 0 Å². The molecule has 1 fully saturated rings. The first-order chi connectivity index (χ1) is 9.74. The molecule has 1 aromatic rings. The van der Waals surface area contributed by atoms with E-state index in [1.807, 2.05) is 13.8 Å². The molecular formula is C15H22BrNO3. The van der Waals surface area contributed by atoms with Crippen molar-refractivity contribution >= 4 is 28.2 Å². The number of ether oxygens (including phenoxy) is 1. The molecule has 2 rings (SSSR count). The molecule has 0 saturated carbocycles. The fourth-order valence-corrected chi connectivity index (χ4v) is 1.72. The number of carbonyl (C=O) groups is 2. The molecule has 1 aromatic carbocycles. The Morgan fingerprint density at radius 1 is 1.25 bits per heavy atom. The first-order valence-corrected chi connectivity index (χ1v) is 7.58. The van der Waals surface area contributed by atoms with E-state index in [0.29, 0.717) is 5.56 Å². The number of hydrogen-bond acceptors (Lipinski definition) is 4. The minimum atomic E-state index is -0.209. The molecule has 1 saturated heterocycles. The minimum Gasteiger partial charge on any atom is -0.459 e. The Kier molecular flexibility index (Phi) is 12.0. The van der Waals surface area contributed by atoms with E-state index in [2.05, 4.69) is 26.0 Å². The van der Waals surface area contributed by atoms with Crippen LogP contribution in [0.25, 0.3) is 0 Å². The van der Waals surface area contributed by atoms with Gasteiger partial charge in [0, 0.05) is 10.0 Å². The summed E-state index contributed by atoms with van der Waals surface area (Å²) in [4.78, 5) is 21.0. The SMILES string of the molecule is C1CCNC1.CC.O=COCC(=O)c1ccc(Br)cc1. The predicted octanol–water partition coefficient (Wildman–Crippen LogP) is 3.20. The summed E-state index contributed by atoms with van der Waals surface area (Å²) in [6, 6.07) is 6.85. The van der Waals surface area contributed by atoms with Gasteiger partial charge in [-0.2, -0.15) is 0 Å². The third-order valence-corrected chi connectivity index (χ3v) is 2.93. The summed E-state index contributed by atoms with van der Waals surface area (Å²) in [7, 11) is 0. The van der Waals surface area contributed by atoms with E-state index in [1.54, 1.807) is 24.3 Å². The lowest BCUT2D eigenvalue weighted by Crippen LogP contribution is -2.07. The normalized spacial score (nSPS) is 12.3. The summed E-state index contributed by atoms with van der Waals surface area (Å²) >= 11 is 3.25. The van der Waals surface area contributed by atoms with Gasteiger partial charge in [-0.3, -0.25) is 9.59 Å². The molecule has 1 heterocycles. The largest absolute Gasteiger partial charge is 0.459 e. The second-order valence-electron chi connectivity index (χ2n) is 3.79. The molecule has 4 nitrogen and oxygen atoms in total. The Hall–Kier alpha value is -1.20. The van der Waals surface area contributed by atoms with Crippen molar-refractivity contribution < 1.29 is 14.3 Å². The quantitative estimate of drug-likeness (QED) is 0.673. The van der Waals surface area contributed by atoms with Gasteiger partial charge in [0.2, 0.25) is 0 Å². The van der Waals surface area contributed by atoms with Crippen LogP contribution in [0.15, 0.2) is 28.7 Å². The maximum atomic E-state index is 11.2. The van der Waals surface area contributed by atoms with E-state index in [-0.39, 0.29) is 18.9 Å². The number of ketones is 1. The molecule has 5 heteroatoms. The Labute approximate surface area is 129 Å². The molecule has 20 heavy (non-hydrogen) atoms. The fourth-order valence-electron chi connectivity index (χ4n) is 1.45. The van der Waals surface area contributed by atoms with Gasteiger partial charge < -0.3 is 10.1 Å². The number of carbonyl (C=O) groups excluding carboxylic acids is 2. The molecule has 0 unspecified atom stereocenters. The van der Waals surface area contributed by atoms with Crippen LogP contribution in [0.3, 0.4) is 0 Å². The van der Waals surface area contributed by atoms with Crippen LogP contribution in [0.1, 0.15) is 37.0 Å². The molecular weight excluding hydrogens is 322 g/mol. The summed E-state index contributed by atoms with van der Waals surface area (Å²) in [5.74, 6) is -0.209. The van der Waals surface area contributed by atoms with E-state index in [9.17, 15) is 9.59 Å². The van der Waals surface area contributed by atoms with Gasteiger partial charge in [0.05, 0.1) is 0 Å². The van der Waals surface area contributed by atoms with Gasteiger partial charge in [-0.1, -0.05) is 41.9 Å². The van der Waals surface area contributed by atoms with E-state index in [0.717, 1.165) is 4.47 Å². The molecule has 112 valence electrons. The number of halogens is 1. The zero-order valence-electron chi connectivity index (χ0n) is 12.0.